The van der Waals surface area contributed by atoms with Gasteiger partial charge in [0.1, 0.15) is 0 Å². The van der Waals surface area contributed by atoms with E-state index in [0.717, 1.165) is 24.3 Å². The minimum Gasteiger partial charge on any atom is -0.461 e. The molecule has 2 aromatic carbocycles. The number of aromatic nitrogens is 2. The van der Waals surface area contributed by atoms with E-state index in [9.17, 15) is 4.79 Å². The van der Waals surface area contributed by atoms with E-state index in [1.54, 1.807) is 6.92 Å². The van der Waals surface area contributed by atoms with Crippen molar-refractivity contribution < 1.29 is 9.53 Å². The highest BCUT2D eigenvalue weighted by Crippen LogP contribution is 2.29. The quantitative estimate of drug-likeness (QED) is 0.653. The lowest BCUT2D eigenvalue weighted by molar-refractivity contribution is 0.0521. The molecule has 1 aromatic heterocycles. The molecule has 0 saturated carbocycles. The zero-order valence-electron chi connectivity index (χ0n) is 16.9. The van der Waals surface area contributed by atoms with Gasteiger partial charge in [-0.3, -0.25) is 0 Å². The largest absolute Gasteiger partial charge is 0.461 e. The number of benzene rings is 2. The summed E-state index contributed by atoms with van der Waals surface area (Å²) in [6.07, 6.45) is 2.37. The van der Waals surface area contributed by atoms with Crippen LogP contribution in [0.25, 0.3) is 11.0 Å². The van der Waals surface area contributed by atoms with E-state index < -0.39 is 5.97 Å². The second-order valence-corrected chi connectivity index (χ2v) is 7.45. The van der Waals surface area contributed by atoms with Crippen molar-refractivity contribution in [3.05, 3.63) is 59.8 Å². The van der Waals surface area contributed by atoms with Gasteiger partial charge < -0.3 is 15.0 Å². The Kier molecular flexibility index (Phi) is 5.71. The van der Waals surface area contributed by atoms with Gasteiger partial charge in [-0.1, -0.05) is 24.3 Å². The molecule has 1 saturated heterocycles. The number of hydrogen-bond acceptors (Lipinski definition) is 6. The number of esters is 1. The van der Waals surface area contributed by atoms with Crippen molar-refractivity contribution in [2.45, 2.75) is 25.7 Å². The summed E-state index contributed by atoms with van der Waals surface area (Å²) in [5.41, 5.74) is 3.82. The van der Waals surface area contributed by atoms with Gasteiger partial charge >= 0.3 is 5.97 Å². The number of nitrogens with zero attached hydrogens (tertiary/aromatic N) is 3. The molecule has 3 aromatic rings. The molecule has 0 unspecified atom stereocenters. The maximum atomic E-state index is 12.4. The fourth-order valence-electron chi connectivity index (χ4n) is 3.75. The van der Waals surface area contributed by atoms with Crippen molar-refractivity contribution >= 4 is 28.5 Å². The van der Waals surface area contributed by atoms with Crippen LogP contribution in [0.5, 0.6) is 0 Å². The van der Waals surface area contributed by atoms with Crippen LogP contribution in [0.4, 0.5) is 11.5 Å². The summed E-state index contributed by atoms with van der Waals surface area (Å²) in [5.74, 6) is 0.543. The van der Waals surface area contributed by atoms with Gasteiger partial charge in [-0.2, -0.15) is 0 Å². The van der Waals surface area contributed by atoms with Crippen LogP contribution in [0, 0.1) is 0 Å². The lowest BCUT2D eigenvalue weighted by Gasteiger charge is -2.29. The van der Waals surface area contributed by atoms with E-state index in [4.69, 9.17) is 4.74 Å². The summed E-state index contributed by atoms with van der Waals surface area (Å²) in [7, 11) is 2.18. The van der Waals surface area contributed by atoms with Crippen LogP contribution < -0.4 is 5.32 Å². The number of nitrogens with one attached hydrogen (secondary N) is 1. The molecular weight excluding hydrogens is 364 g/mol. The number of carbonyl (C=O) groups excluding carboxylic acids is 1. The maximum absolute atomic E-state index is 12.4. The number of carbonyl (C=O) groups is 1. The van der Waals surface area contributed by atoms with Crippen molar-refractivity contribution in [2.75, 3.05) is 32.1 Å². The van der Waals surface area contributed by atoms with Crippen LogP contribution in [0.3, 0.4) is 0 Å². The van der Waals surface area contributed by atoms with Crippen molar-refractivity contribution in [3.8, 4) is 0 Å². The van der Waals surface area contributed by atoms with Crippen molar-refractivity contribution in [1.82, 2.24) is 14.9 Å². The average molecular weight is 390 g/mol. The molecule has 0 atom stereocenters. The molecule has 6 nitrogen and oxygen atoms in total. The Labute approximate surface area is 170 Å². The van der Waals surface area contributed by atoms with Gasteiger partial charge in [-0.15, -0.1) is 0 Å². The molecule has 1 N–H and O–H groups in total. The lowest BCUT2D eigenvalue weighted by Crippen LogP contribution is -2.29. The topological polar surface area (TPSA) is 67.3 Å². The summed E-state index contributed by atoms with van der Waals surface area (Å²) in [6, 6.07) is 15.9. The first kappa shape index (κ1) is 19.3. The molecule has 0 amide bonds. The van der Waals surface area contributed by atoms with Crippen molar-refractivity contribution in [3.63, 3.8) is 0 Å². The average Bonchev–Trinajstić information content (AvgIpc) is 2.74. The molecule has 4 rings (SSSR count). The first-order valence-electron chi connectivity index (χ1n) is 10.1. The highest BCUT2D eigenvalue weighted by molar-refractivity contribution is 5.96. The van der Waals surface area contributed by atoms with Gasteiger partial charge in [0.05, 0.1) is 17.6 Å². The Hall–Kier alpha value is -2.99. The zero-order valence-corrected chi connectivity index (χ0v) is 16.9. The summed E-state index contributed by atoms with van der Waals surface area (Å²) in [4.78, 5) is 23.9. The number of rotatable bonds is 5. The Morgan fingerprint density at radius 1 is 1.07 bits per heavy atom. The third-order valence-corrected chi connectivity index (χ3v) is 5.40. The lowest BCUT2D eigenvalue weighted by atomic mass is 9.89. The van der Waals surface area contributed by atoms with Crippen molar-refractivity contribution in [1.29, 1.82) is 0 Å². The molecule has 0 spiro atoms. The number of fused-ring (bicyclic) bond motifs is 1. The second-order valence-electron chi connectivity index (χ2n) is 7.45. The predicted molar refractivity (Wildman–Crippen MR) is 115 cm³/mol. The van der Waals surface area contributed by atoms with Gasteiger partial charge in [0.25, 0.3) is 0 Å². The number of piperidine rings is 1. The molecule has 0 bridgehead atoms. The summed E-state index contributed by atoms with van der Waals surface area (Å²) in [6.45, 7) is 4.35. The van der Waals surface area contributed by atoms with Gasteiger partial charge in [0.2, 0.25) is 0 Å². The van der Waals surface area contributed by atoms with E-state index >= 15 is 0 Å². The van der Waals surface area contributed by atoms with E-state index in [-0.39, 0.29) is 12.3 Å². The highest BCUT2D eigenvalue weighted by Gasteiger charge is 2.20. The molecule has 6 heteroatoms. The molecule has 2 heterocycles. The summed E-state index contributed by atoms with van der Waals surface area (Å²) >= 11 is 0. The first-order chi connectivity index (χ1) is 14.1. The molecule has 0 aliphatic carbocycles. The molecule has 29 heavy (non-hydrogen) atoms. The Morgan fingerprint density at radius 3 is 2.38 bits per heavy atom. The SMILES string of the molecule is CCOC(=O)c1nc2ccccc2nc1Nc1ccc(C2CCN(C)CC2)cc1. The van der Waals surface area contributed by atoms with Crippen LogP contribution in [0.1, 0.15) is 41.7 Å². The predicted octanol–water partition coefficient (Wildman–Crippen LogP) is 4.36. The van der Waals surface area contributed by atoms with Gasteiger partial charge in [-0.25, -0.2) is 14.8 Å². The van der Waals surface area contributed by atoms with E-state index in [1.165, 1.54) is 18.4 Å². The van der Waals surface area contributed by atoms with E-state index in [1.807, 2.05) is 36.4 Å². The van der Waals surface area contributed by atoms with Crippen LogP contribution in [-0.2, 0) is 4.74 Å². The molecule has 1 aliphatic heterocycles. The van der Waals surface area contributed by atoms with Crippen LogP contribution in [0.2, 0.25) is 0 Å². The summed E-state index contributed by atoms with van der Waals surface area (Å²) < 4.78 is 5.18. The minimum atomic E-state index is -0.476. The summed E-state index contributed by atoms with van der Waals surface area (Å²) in [5, 5.41) is 3.26. The third kappa shape index (κ3) is 4.38. The Balaban J connectivity index is 1.59. The Morgan fingerprint density at radius 2 is 1.72 bits per heavy atom. The van der Waals surface area contributed by atoms with E-state index in [0.29, 0.717) is 17.3 Å². The molecule has 1 aliphatic rings. The molecule has 0 radical (unpaired) electrons. The zero-order chi connectivity index (χ0) is 20.2. The number of hydrogen-bond donors (Lipinski definition) is 1. The monoisotopic (exact) mass is 390 g/mol. The number of para-hydroxylation sites is 2. The standard InChI is InChI=1S/C23H26N4O2/c1-3-29-23(28)21-22(26-20-7-5-4-6-19(20)25-21)24-18-10-8-16(9-11-18)17-12-14-27(2)15-13-17/h4-11,17H,3,12-15H2,1-2H3,(H,24,26). The van der Waals surface area contributed by atoms with Crippen molar-refractivity contribution in [2.24, 2.45) is 0 Å². The molecule has 150 valence electrons. The molecule has 1 fully saturated rings. The smallest absolute Gasteiger partial charge is 0.360 e. The van der Waals surface area contributed by atoms with Gasteiger partial charge in [0, 0.05) is 5.69 Å². The van der Waals surface area contributed by atoms with Crippen LogP contribution >= 0.6 is 0 Å². The normalized spacial score (nSPS) is 15.4. The number of ether oxygens (including phenoxy) is 1. The third-order valence-electron chi connectivity index (χ3n) is 5.40. The number of anilines is 2. The number of likely N-dealkylation sites (tertiary alicyclic amines) is 1. The molecular formula is C23H26N4O2. The van der Waals surface area contributed by atoms with Crippen LogP contribution in [0.15, 0.2) is 48.5 Å². The minimum absolute atomic E-state index is 0.199. The fourth-order valence-corrected chi connectivity index (χ4v) is 3.75. The fraction of sp³-hybridized carbons (Fsp3) is 0.348. The Bertz CT molecular complexity index is 995. The second kappa shape index (κ2) is 8.57. The highest BCUT2D eigenvalue weighted by atomic mass is 16.5. The first-order valence-corrected chi connectivity index (χ1v) is 10.1. The maximum Gasteiger partial charge on any atom is 0.360 e. The van der Waals surface area contributed by atoms with Crippen LogP contribution in [-0.4, -0.2) is 47.6 Å². The van der Waals surface area contributed by atoms with Gasteiger partial charge in [-0.05, 0) is 75.6 Å². The van der Waals surface area contributed by atoms with Gasteiger partial charge in [0.15, 0.2) is 11.5 Å². The van der Waals surface area contributed by atoms with E-state index in [2.05, 4.69) is 39.4 Å².